The third-order valence-electron chi connectivity index (χ3n) is 6.21. The Morgan fingerprint density at radius 2 is 1.94 bits per heavy atom. The molecule has 35 heavy (non-hydrogen) atoms. The quantitative estimate of drug-likeness (QED) is 0.139. The Morgan fingerprint density at radius 1 is 1.23 bits per heavy atom. The number of carbonyl (C=O) groups is 3. The SMILES string of the molecule is COC(=O)c1[nH]c(C)c(/C(O)=C2\C(=O)C(=O)N(CCC[n+]3cc[nH]c3)C2c2ccc(Br)cc2)c1C. The number of ketones is 1. The van der Waals surface area contributed by atoms with Crippen LogP contribution < -0.4 is 4.57 Å². The molecule has 1 aromatic carbocycles. The van der Waals surface area contributed by atoms with Gasteiger partial charge in [0.05, 0.1) is 25.3 Å². The molecule has 0 aliphatic carbocycles. The first kappa shape index (κ1) is 24.5. The van der Waals surface area contributed by atoms with Crippen LogP contribution in [0.2, 0.25) is 0 Å². The Bertz CT molecular complexity index is 1310. The van der Waals surface area contributed by atoms with E-state index in [9.17, 15) is 19.5 Å². The molecular formula is C25H26BrN4O5+. The highest BCUT2D eigenvalue weighted by molar-refractivity contribution is 9.10. The van der Waals surface area contributed by atoms with E-state index in [2.05, 4.69) is 25.9 Å². The highest BCUT2D eigenvalue weighted by atomic mass is 79.9. The van der Waals surface area contributed by atoms with Gasteiger partial charge in [0.25, 0.3) is 11.7 Å². The van der Waals surface area contributed by atoms with Crippen LogP contribution in [0.15, 0.2) is 53.0 Å². The number of hydrogen-bond donors (Lipinski definition) is 3. The number of rotatable bonds is 7. The minimum Gasteiger partial charge on any atom is -0.507 e. The van der Waals surface area contributed by atoms with E-state index in [-0.39, 0.29) is 17.0 Å². The number of nitrogens with zero attached hydrogens (tertiary/aromatic N) is 2. The first-order valence-corrected chi connectivity index (χ1v) is 11.9. The van der Waals surface area contributed by atoms with E-state index in [1.54, 1.807) is 20.0 Å². The van der Waals surface area contributed by atoms with Gasteiger partial charge in [-0.3, -0.25) is 14.6 Å². The zero-order valence-electron chi connectivity index (χ0n) is 19.6. The van der Waals surface area contributed by atoms with Gasteiger partial charge < -0.3 is 19.7 Å². The van der Waals surface area contributed by atoms with Crippen LogP contribution in [0.1, 0.15) is 45.3 Å². The maximum Gasteiger partial charge on any atom is 0.354 e. The minimum atomic E-state index is -0.769. The number of aliphatic hydroxyl groups is 1. The van der Waals surface area contributed by atoms with Gasteiger partial charge in [-0.15, -0.1) is 0 Å². The maximum atomic E-state index is 13.3. The Balaban J connectivity index is 1.79. The highest BCUT2D eigenvalue weighted by Gasteiger charge is 2.46. The van der Waals surface area contributed by atoms with Crippen LogP contribution in [-0.4, -0.2) is 51.3 Å². The van der Waals surface area contributed by atoms with Crippen LogP contribution in [0.3, 0.4) is 0 Å². The van der Waals surface area contributed by atoms with Gasteiger partial charge in [0.15, 0.2) is 0 Å². The highest BCUT2D eigenvalue weighted by Crippen LogP contribution is 2.41. The van der Waals surface area contributed by atoms with Gasteiger partial charge in [-0.25, -0.2) is 9.36 Å². The molecular weight excluding hydrogens is 516 g/mol. The summed E-state index contributed by atoms with van der Waals surface area (Å²) >= 11 is 3.42. The smallest absolute Gasteiger partial charge is 0.354 e. The number of benzene rings is 1. The molecule has 0 radical (unpaired) electrons. The number of carbonyl (C=O) groups excluding carboxylic acids is 3. The second kappa shape index (κ2) is 9.91. The van der Waals surface area contributed by atoms with Crippen molar-refractivity contribution in [3.05, 3.63) is 81.1 Å². The molecule has 0 bridgehead atoms. The average Bonchev–Trinajstić information content (AvgIpc) is 3.52. The van der Waals surface area contributed by atoms with E-state index in [1.165, 1.54) is 12.0 Å². The molecule has 1 aliphatic rings. The summed E-state index contributed by atoms with van der Waals surface area (Å²) in [5.74, 6) is -2.33. The lowest BCUT2D eigenvalue weighted by molar-refractivity contribution is -0.695. The van der Waals surface area contributed by atoms with Crippen LogP contribution in [0, 0.1) is 13.8 Å². The van der Waals surface area contributed by atoms with Crippen LogP contribution in [-0.2, 0) is 20.9 Å². The van der Waals surface area contributed by atoms with Crippen molar-refractivity contribution in [2.75, 3.05) is 13.7 Å². The molecule has 0 saturated carbocycles. The Labute approximate surface area is 210 Å². The summed E-state index contributed by atoms with van der Waals surface area (Å²) in [4.78, 5) is 46.0. The average molecular weight is 542 g/mol. The number of nitrogens with one attached hydrogen (secondary N) is 2. The van der Waals surface area contributed by atoms with Gasteiger partial charge in [0.1, 0.15) is 23.8 Å². The number of likely N-dealkylation sites (tertiary alicyclic amines) is 1. The van der Waals surface area contributed by atoms with Crippen molar-refractivity contribution in [3.8, 4) is 0 Å². The molecule has 1 saturated heterocycles. The van der Waals surface area contributed by atoms with E-state index in [0.717, 1.165) is 4.47 Å². The standard InChI is InChI=1S/C25H25BrN4O5/c1-14-18(15(2)28-20(14)25(34)35-3)22(31)19-21(16-5-7-17(26)8-6-16)30(24(33)23(19)32)11-4-10-29-12-9-27-13-29/h5-9,12-13,21H,4,10-11H2,1-3H3,(H2,28,31,32,34)/p+1. The molecule has 9 nitrogen and oxygen atoms in total. The summed E-state index contributed by atoms with van der Waals surface area (Å²) in [5.41, 5.74) is 2.12. The number of esters is 1. The molecule has 182 valence electrons. The third kappa shape index (κ3) is 4.53. The van der Waals surface area contributed by atoms with Crippen LogP contribution >= 0.6 is 15.9 Å². The molecule has 1 aliphatic heterocycles. The van der Waals surface area contributed by atoms with E-state index < -0.39 is 23.7 Å². The maximum absolute atomic E-state index is 13.3. The molecule has 3 N–H and O–H groups in total. The van der Waals surface area contributed by atoms with Crippen molar-refractivity contribution in [2.45, 2.75) is 32.9 Å². The fraction of sp³-hybridized carbons (Fsp3) is 0.280. The predicted molar refractivity (Wildman–Crippen MR) is 130 cm³/mol. The van der Waals surface area contributed by atoms with Crippen molar-refractivity contribution >= 4 is 39.3 Å². The van der Waals surface area contributed by atoms with Gasteiger partial charge in [0, 0.05) is 28.7 Å². The zero-order chi connectivity index (χ0) is 25.3. The molecule has 4 rings (SSSR count). The molecule has 3 aromatic rings. The van der Waals surface area contributed by atoms with Gasteiger partial charge in [-0.2, -0.15) is 0 Å². The lowest BCUT2D eigenvalue weighted by Crippen LogP contribution is -2.36. The molecule has 1 amide bonds. The summed E-state index contributed by atoms with van der Waals surface area (Å²) in [6.07, 6.45) is 6.11. The number of aryl methyl sites for hydroxylation is 2. The number of hydrogen-bond acceptors (Lipinski definition) is 5. The second-order valence-electron chi connectivity index (χ2n) is 8.36. The number of halogens is 1. The first-order valence-electron chi connectivity index (χ1n) is 11.1. The number of Topliss-reactive ketones (excluding diaryl/α,β-unsaturated/α-hetero) is 1. The molecule has 1 fully saturated rings. The predicted octanol–water partition coefficient (Wildman–Crippen LogP) is 3.31. The topological polar surface area (TPSA) is 119 Å². The zero-order valence-corrected chi connectivity index (χ0v) is 21.2. The number of amides is 1. The number of H-pyrrole nitrogens is 2. The summed E-state index contributed by atoms with van der Waals surface area (Å²) in [6.45, 7) is 4.31. The normalized spacial score (nSPS) is 17.3. The fourth-order valence-corrected chi connectivity index (χ4v) is 4.80. The molecule has 3 heterocycles. The van der Waals surface area contributed by atoms with Crippen LogP contribution in [0.4, 0.5) is 0 Å². The minimum absolute atomic E-state index is 0.00626. The van der Waals surface area contributed by atoms with E-state index in [4.69, 9.17) is 4.74 Å². The largest absolute Gasteiger partial charge is 0.507 e. The van der Waals surface area contributed by atoms with E-state index in [1.807, 2.05) is 41.4 Å². The van der Waals surface area contributed by atoms with Gasteiger partial charge in [-0.05, 0) is 37.1 Å². The van der Waals surface area contributed by atoms with Crippen molar-refractivity contribution < 1.29 is 28.8 Å². The number of aliphatic hydroxyl groups excluding tert-OH is 1. The van der Waals surface area contributed by atoms with Gasteiger partial charge >= 0.3 is 5.97 Å². The molecule has 10 heteroatoms. The van der Waals surface area contributed by atoms with E-state index >= 15 is 0 Å². The Morgan fingerprint density at radius 3 is 2.57 bits per heavy atom. The number of aromatic nitrogens is 3. The molecule has 2 aromatic heterocycles. The lowest BCUT2D eigenvalue weighted by Gasteiger charge is -2.25. The summed E-state index contributed by atoms with van der Waals surface area (Å²) < 4.78 is 7.62. The number of ether oxygens (including phenoxy) is 1. The third-order valence-corrected chi connectivity index (χ3v) is 6.74. The van der Waals surface area contributed by atoms with Gasteiger partial charge in [-0.1, -0.05) is 28.1 Å². The monoisotopic (exact) mass is 541 g/mol. The Kier molecular flexibility index (Phi) is 6.93. The first-order chi connectivity index (χ1) is 16.7. The fourth-order valence-electron chi connectivity index (χ4n) is 4.53. The molecule has 0 spiro atoms. The van der Waals surface area contributed by atoms with Crippen molar-refractivity contribution in [1.82, 2.24) is 14.9 Å². The second-order valence-corrected chi connectivity index (χ2v) is 9.28. The lowest BCUT2D eigenvalue weighted by atomic mass is 9.94. The van der Waals surface area contributed by atoms with Gasteiger partial charge in [0.2, 0.25) is 6.33 Å². The Hall–Kier alpha value is -3.66. The summed E-state index contributed by atoms with van der Waals surface area (Å²) in [7, 11) is 1.27. The number of imidazole rings is 1. The van der Waals surface area contributed by atoms with Crippen LogP contribution in [0.5, 0.6) is 0 Å². The van der Waals surface area contributed by atoms with E-state index in [0.29, 0.717) is 41.9 Å². The number of aromatic amines is 2. The van der Waals surface area contributed by atoms with Crippen molar-refractivity contribution in [3.63, 3.8) is 0 Å². The molecule has 1 atom stereocenters. The van der Waals surface area contributed by atoms with Crippen molar-refractivity contribution in [1.29, 1.82) is 0 Å². The summed E-state index contributed by atoms with van der Waals surface area (Å²) in [5, 5.41) is 11.4. The molecule has 1 unspecified atom stereocenters. The van der Waals surface area contributed by atoms with Crippen molar-refractivity contribution in [2.24, 2.45) is 0 Å². The summed E-state index contributed by atoms with van der Waals surface area (Å²) in [6, 6.07) is 6.52. The van der Waals surface area contributed by atoms with Crippen LogP contribution in [0.25, 0.3) is 5.76 Å². The number of methoxy groups -OCH3 is 1.